The van der Waals surface area contributed by atoms with E-state index < -0.39 is 30.2 Å². The number of nitrogens with two attached hydrogens (primary N) is 1. The maximum absolute atomic E-state index is 13.0. The highest BCUT2D eigenvalue weighted by Crippen LogP contribution is 2.24. The van der Waals surface area contributed by atoms with Crippen LogP contribution in [0.2, 0.25) is 5.02 Å². The minimum atomic E-state index is -1.06. The average molecular weight is 517 g/mol. The Kier molecular flexibility index (Phi) is 9.69. The number of carbonyl (C=O) groups excluding carboxylic acids is 3. The van der Waals surface area contributed by atoms with Gasteiger partial charge in [-0.25, -0.2) is 4.79 Å². The number of rotatable bonds is 9. The summed E-state index contributed by atoms with van der Waals surface area (Å²) in [5.74, 6) is -0.745. The molecule has 1 heterocycles. The first kappa shape index (κ1) is 27.4. The Labute approximate surface area is 215 Å². The SMILES string of the molecule is CCc1ccc(NC(=O)OCC2(NC(=O)Cc3ccccc3Cl)CCCN(C(=O)[C@@H](N)CO)C2)cc1. The van der Waals surface area contributed by atoms with Crippen LogP contribution in [0.5, 0.6) is 0 Å². The number of piperidine rings is 1. The van der Waals surface area contributed by atoms with E-state index in [2.05, 4.69) is 10.6 Å². The first-order chi connectivity index (χ1) is 17.2. The maximum atomic E-state index is 13.0. The Morgan fingerprint density at radius 3 is 2.58 bits per heavy atom. The van der Waals surface area contributed by atoms with Crippen molar-refractivity contribution in [2.24, 2.45) is 5.73 Å². The van der Waals surface area contributed by atoms with E-state index in [0.29, 0.717) is 35.7 Å². The Bertz CT molecular complexity index is 1060. The van der Waals surface area contributed by atoms with Crippen molar-refractivity contribution < 1.29 is 24.2 Å². The van der Waals surface area contributed by atoms with Gasteiger partial charge in [0.1, 0.15) is 12.6 Å². The van der Waals surface area contributed by atoms with Gasteiger partial charge in [-0.1, -0.05) is 48.9 Å². The number of anilines is 1. The zero-order valence-corrected chi connectivity index (χ0v) is 21.1. The van der Waals surface area contributed by atoms with Gasteiger partial charge in [-0.15, -0.1) is 0 Å². The summed E-state index contributed by atoms with van der Waals surface area (Å²) >= 11 is 6.21. The summed E-state index contributed by atoms with van der Waals surface area (Å²) in [7, 11) is 0. The second-order valence-electron chi connectivity index (χ2n) is 9.00. The molecule has 1 unspecified atom stereocenters. The van der Waals surface area contributed by atoms with E-state index in [1.165, 1.54) is 4.90 Å². The normalized spacial score (nSPS) is 18.3. The summed E-state index contributed by atoms with van der Waals surface area (Å²) < 4.78 is 5.53. The monoisotopic (exact) mass is 516 g/mol. The van der Waals surface area contributed by atoms with Crippen molar-refractivity contribution >= 4 is 35.2 Å². The third kappa shape index (κ3) is 7.43. The number of hydrogen-bond acceptors (Lipinski definition) is 6. The van der Waals surface area contributed by atoms with Crippen LogP contribution in [0.15, 0.2) is 48.5 Å². The van der Waals surface area contributed by atoms with E-state index in [0.717, 1.165) is 12.0 Å². The van der Waals surface area contributed by atoms with Crippen molar-refractivity contribution in [2.75, 3.05) is 31.6 Å². The number of nitrogens with one attached hydrogen (secondary N) is 2. The molecule has 5 N–H and O–H groups in total. The third-order valence-electron chi connectivity index (χ3n) is 6.20. The molecule has 1 aliphatic heterocycles. The molecule has 0 aromatic heterocycles. The molecule has 194 valence electrons. The van der Waals surface area contributed by atoms with E-state index in [4.69, 9.17) is 22.1 Å². The Hall–Kier alpha value is -3.14. The highest BCUT2D eigenvalue weighted by atomic mass is 35.5. The first-order valence-corrected chi connectivity index (χ1v) is 12.4. The van der Waals surface area contributed by atoms with Gasteiger partial charge in [0.2, 0.25) is 11.8 Å². The molecule has 36 heavy (non-hydrogen) atoms. The van der Waals surface area contributed by atoms with E-state index in [9.17, 15) is 19.5 Å². The summed E-state index contributed by atoms with van der Waals surface area (Å²) in [5, 5.41) is 15.5. The number of hydrogen-bond donors (Lipinski definition) is 4. The van der Waals surface area contributed by atoms with Crippen LogP contribution < -0.4 is 16.4 Å². The van der Waals surface area contributed by atoms with Gasteiger partial charge < -0.3 is 25.8 Å². The molecular weight excluding hydrogens is 484 g/mol. The molecular formula is C26H33ClN4O5. The van der Waals surface area contributed by atoms with Crippen LogP contribution in [-0.2, 0) is 27.2 Å². The van der Waals surface area contributed by atoms with E-state index in [1.807, 2.05) is 19.1 Å². The lowest BCUT2D eigenvalue weighted by Crippen LogP contribution is -2.64. The van der Waals surface area contributed by atoms with E-state index >= 15 is 0 Å². The number of carbonyl (C=O) groups is 3. The molecule has 10 heteroatoms. The summed E-state index contributed by atoms with van der Waals surface area (Å²) in [6, 6.07) is 13.4. The number of nitrogens with zero attached hydrogens (tertiary/aromatic N) is 1. The number of aryl methyl sites for hydroxylation is 1. The van der Waals surface area contributed by atoms with Crippen LogP contribution in [-0.4, -0.2) is 65.8 Å². The van der Waals surface area contributed by atoms with E-state index in [1.54, 1.807) is 36.4 Å². The summed E-state index contributed by atoms with van der Waals surface area (Å²) in [4.78, 5) is 39.7. The zero-order chi connectivity index (χ0) is 26.1. The highest BCUT2D eigenvalue weighted by molar-refractivity contribution is 6.31. The molecule has 3 amide bonds. The molecule has 1 aliphatic rings. The predicted octanol–water partition coefficient (Wildman–Crippen LogP) is 2.49. The van der Waals surface area contributed by atoms with Gasteiger partial charge in [0.25, 0.3) is 0 Å². The number of benzene rings is 2. The van der Waals surface area contributed by atoms with Crippen molar-refractivity contribution in [3.8, 4) is 0 Å². The summed E-state index contributed by atoms with van der Waals surface area (Å²) in [5.41, 5.74) is 7.11. The molecule has 9 nitrogen and oxygen atoms in total. The smallest absolute Gasteiger partial charge is 0.411 e. The standard InChI is InChI=1S/C26H33ClN4O5/c1-2-18-8-10-20(11-9-18)29-25(35)36-17-26(12-5-13-31(16-26)24(34)22(28)15-32)30-23(33)14-19-6-3-4-7-21(19)27/h3-4,6-11,22,32H,2,5,12-17,28H2,1H3,(H,29,35)(H,30,33)/t22-,26?/m0/s1. The number of likely N-dealkylation sites (tertiary alicyclic amines) is 1. The van der Waals surface area contributed by atoms with E-state index in [-0.39, 0.29) is 25.5 Å². The topological polar surface area (TPSA) is 134 Å². The maximum Gasteiger partial charge on any atom is 0.411 e. The molecule has 1 fully saturated rings. The van der Waals surface area contributed by atoms with Gasteiger partial charge in [0.15, 0.2) is 0 Å². The second-order valence-corrected chi connectivity index (χ2v) is 9.41. The lowest BCUT2D eigenvalue weighted by atomic mass is 9.88. The van der Waals surface area contributed by atoms with Crippen molar-refractivity contribution in [1.82, 2.24) is 10.2 Å². The Morgan fingerprint density at radius 1 is 1.19 bits per heavy atom. The predicted molar refractivity (Wildman–Crippen MR) is 138 cm³/mol. The molecule has 2 aromatic rings. The molecule has 0 radical (unpaired) electrons. The van der Waals surface area contributed by atoms with Crippen LogP contribution in [0.3, 0.4) is 0 Å². The molecule has 0 aliphatic carbocycles. The van der Waals surface area contributed by atoms with Crippen LogP contribution in [0, 0.1) is 0 Å². The molecule has 0 bridgehead atoms. The van der Waals surface area contributed by atoms with Crippen molar-refractivity contribution in [3.63, 3.8) is 0 Å². The molecule has 2 atom stereocenters. The number of aliphatic hydroxyl groups is 1. The second kappa shape index (κ2) is 12.7. The fraction of sp³-hybridized carbons (Fsp3) is 0.423. The van der Waals surface area contributed by atoms with Gasteiger partial charge in [-0.05, 0) is 48.6 Å². The van der Waals surface area contributed by atoms with Crippen LogP contribution in [0.25, 0.3) is 0 Å². The van der Waals surface area contributed by atoms with Crippen molar-refractivity contribution in [2.45, 2.75) is 44.2 Å². The largest absolute Gasteiger partial charge is 0.447 e. The number of halogens is 1. The lowest BCUT2D eigenvalue weighted by Gasteiger charge is -2.43. The average Bonchev–Trinajstić information content (AvgIpc) is 2.88. The zero-order valence-electron chi connectivity index (χ0n) is 20.3. The molecule has 1 saturated heterocycles. The van der Waals surface area contributed by atoms with Crippen LogP contribution in [0.1, 0.15) is 30.9 Å². The van der Waals surface area contributed by atoms with Crippen LogP contribution >= 0.6 is 11.6 Å². The van der Waals surface area contributed by atoms with Gasteiger partial charge in [0, 0.05) is 23.8 Å². The van der Waals surface area contributed by atoms with Crippen molar-refractivity contribution in [1.29, 1.82) is 0 Å². The van der Waals surface area contributed by atoms with Gasteiger partial charge in [0.05, 0.1) is 18.6 Å². The first-order valence-electron chi connectivity index (χ1n) is 12.0. The molecule has 0 spiro atoms. The lowest BCUT2D eigenvalue weighted by molar-refractivity contribution is -0.138. The van der Waals surface area contributed by atoms with Gasteiger partial charge >= 0.3 is 6.09 Å². The Balaban J connectivity index is 1.72. The Morgan fingerprint density at radius 2 is 1.92 bits per heavy atom. The quantitative estimate of drug-likeness (QED) is 0.404. The summed E-state index contributed by atoms with van der Waals surface area (Å²) in [6.45, 7) is 1.91. The number of aliphatic hydroxyl groups excluding tert-OH is 1. The fourth-order valence-corrected chi connectivity index (χ4v) is 4.43. The minimum absolute atomic E-state index is 0.0293. The highest BCUT2D eigenvalue weighted by Gasteiger charge is 2.40. The molecule has 2 aromatic carbocycles. The minimum Gasteiger partial charge on any atom is -0.447 e. The van der Waals surface area contributed by atoms with Crippen molar-refractivity contribution in [3.05, 3.63) is 64.7 Å². The van der Waals surface area contributed by atoms with Gasteiger partial charge in [-0.3, -0.25) is 14.9 Å². The van der Waals surface area contributed by atoms with Crippen LogP contribution in [0.4, 0.5) is 10.5 Å². The fourth-order valence-electron chi connectivity index (χ4n) is 4.22. The summed E-state index contributed by atoms with van der Waals surface area (Å²) in [6.07, 6.45) is 1.28. The molecule has 0 saturated carbocycles. The number of ether oxygens (including phenoxy) is 1. The molecule has 3 rings (SSSR count). The third-order valence-corrected chi connectivity index (χ3v) is 6.57. The van der Waals surface area contributed by atoms with Gasteiger partial charge in [-0.2, -0.15) is 0 Å². The number of amides is 3.